The van der Waals surface area contributed by atoms with E-state index in [-0.39, 0.29) is 16.5 Å². The molecule has 0 radical (unpaired) electrons. The molecular formula is C8H7NO5S2-2. The number of nitrogens with zero attached hydrogens (tertiary/aromatic N) is 1. The molecule has 0 aliphatic carbocycles. The standard InChI is InChI=1S/C8H9NO5S2/c10-5-3-16-8(15)9(5)4(7(13)14)1-2-6(11)12/h4H,1-3H2,(H,11,12)(H,13,14)/p-2. The number of hydrogen-bond acceptors (Lipinski definition) is 7. The lowest BCUT2D eigenvalue weighted by molar-refractivity contribution is -0.311. The molecule has 1 amide bonds. The smallest absolute Gasteiger partial charge is 0.239 e. The molecule has 0 saturated carbocycles. The summed E-state index contributed by atoms with van der Waals surface area (Å²) >= 11 is 5.85. The normalized spacial score (nSPS) is 17.6. The zero-order chi connectivity index (χ0) is 12.3. The SMILES string of the molecule is O=C([O-])CCC(C(=O)[O-])N1C(=O)CSC1=S. The minimum Gasteiger partial charge on any atom is -0.550 e. The fourth-order valence-electron chi connectivity index (χ4n) is 1.27. The van der Waals surface area contributed by atoms with E-state index in [0.717, 1.165) is 16.7 Å². The van der Waals surface area contributed by atoms with E-state index in [1.54, 1.807) is 0 Å². The van der Waals surface area contributed by atoms with Gasteiger partial charge in [0.05, 0.1) is 17.8 Å². The Morgan fingerprint density at radius 2 is 2.12 bits per heavy atom. The molecule has 0 N–H and O–H groups in total. The monoisotopic (exact) mass is 261 g/mol. The van der Waals surface area contributed by atoms with E-state index in [4.69, 9.17) is 12.2 Å². The molecule has 0 aromatic heterocycles. The second-order valence-electron chi connectivity index (χ2n) is 3.06. The van der Waals surface area contributed by atoms with E-state index in [2.05, 4.69) is 0 Å². The van der Waals surface area contributed by atoms with E-state index in [1.165, 1.54) is 0 Å². The molecule has 88 valence electrons. The molecule has 1 rings (SSSR count). The molecule has 0 bridgehead atoms. The average Bonchev–Trinajstić information content (AvgIpc) is 2.48. The van der Waals surface area contributed by atoms with Crippen molar-refractivity contribution in [3.05, 3.63) is 0 Å². The fraction of sp³-hybridized carbons (Fsp3) is 0.500. The van der Waals surface area contributed by atoms with Gasteiger partial charge in [0.15, 0.2) is 0 Å². The number of carbonyl (C=O) groups is 3. The van der Waals surface area contributed by atoms with Gasteiger partial charge in [-0.15, -0.1) is 0 Å². The third-order valence-corrected chi connectivity index (χ3v) is 3.38. The van der Waals surface area contributed by atoms with Gasteiger partial charge in [0.25, 0.3) is 0 Å². The highest BCUT2D eigenvalue weighted by Crippen LogP contribution is 2.23. The lowest BCUT2D eigenvalue weighted by Crippen LogP contribution is -2.50. The van der Waals surface area contributed by atoms with E-state index in [9.17, 15) is 24.6 Å². The number of thiocarbonyl (C=S) groups is 1. The van der Waals surface area contributed by atoms with Crippen molar-refractivity contribution in [1.29, 1.82) is 0 Å². The first-order chi connectivity index (χ1) is 7.43. The Hall–Kier alpha value is -1.15. The fourth-order valence-corrected chi connectivity index (χ4v) is 2.43. The number of amides is 1. The highest BCUT2D eigenvalue weighted by atomic mass is 32.2. The van der Waals surface area contributed by atoms with Crippen LogP contribution in [0.25, 0.3) is 0 Å². The van der Waals surface area contributed by atoms with Crippen LogP contribution in [0.4, 0.5) is 0 Å². The van der Waals surface area contributed by atoms with E-state index >= 15 is 0 Å². The number of carbonyl (C=O) groups excluding carboxylic acids is 3. The number of rotatable bonds is 5. The molecular weight excluding hydrogens is 254 g/mol. The van der Waals surface area contributed by atoms with Gasteiger partial charge in [-0.25, -0.2) is 0 Å². The molecule has 6 nitrogen and oxygen atoms in total. The van der Waals surface area contributed by atoms with Crippen LogP contribution in [0.15, 0.2) is 0 Å². The summed E-state index contributed by atoms with van der Waals surface area (Å²) in [4.78, 5) is 33.3. The Bertz CT molecular complexity index is 340. The van der Waals surface area contributed by atoms with Crippen LogP contribution in [0.5, 0.6) is 0 Å². The van der Waals surface area contributed by atoms with Crippen molar-refractivity contribution in [1.82, 2.24) is 4.90 Å². The zero-order valence-corrected chi connectivity index (χ0v) is 9.64. The van der Waals surface area contributed by atoms with Gasteiger partial charge in [-0.3, -0.25) is 9.69 Å². The van der Waals surface area contributed by atoms with Crippen LogP contribution in [0.3, 0.4) is 0 Å². The van der Waals surface area contributed by atoms with Crippen LogP contribution >= 0.6 is 24.0 Å². The molecule has 1 fully saturated rings. The summed E-state index contributed by atoms with van der Waals surface area (Å²) in [5, 5.41) is 21.0. The minimum absolute atomic E-state index is 0.0773. The van der Waals surface area contributed by atoms with Gasteiger partial charge in [0.2, 0.25) is 5.91 Å². The summed E-state index contributed by atoms with van der Waals surface area (Å²) in [6.45, 7) is 0. The Labute approximate surface area is 101 Å². The minimum atomic E-state index is -1.51. The van der Waals surface area contributed by atoms with Crippen molar-refractivity contribution in [2.24, 2.45) is 0 Å². The molecule has 0 aromatic rings. The molecule has 1 saturated heterocycles. The second-order valence-corrected chi connectivity index (χ2v) is 4.67. The van der Waals surface area contributed by atoms with Gasteiger partial charge < -0.3 is 19.8 Å². The molecule has 0 aromatic carbocycles. The molecule has 1 atom stereocenters. The number of carboxylic acid groups (broad SMARTS) is 2. The first-order valence-electron chi connectivity index (χ1n) is 4.33. The molecule has 1 aliphatic rings. The van der Waals surface area contributed by atoms with Gasteiger partial charge in [0.1, 0.15) is 4.32 Å². The summed E-state index contributed by atoms with van der Waals surface area (Å²) in [6, 6.07) is -1.33. The number of thioether (sulfide) groups is 1. The summed E-state index contributed by atoms with van der Waals surface area (Å²) in [7, 11) is 0. The highest BCUT2D eigenvalue weighted by molar-refractivity contribution is 8.23. The number of aliphatic carboxylic acids is 2. The maximum atomic E-state index is 11.3. The largest absolute Gasteiger partial charge is 0.550 e. The zero-order valence-electron chi connectivity index (χ0n) is 8.00. The molecule has 0 spiro atoms. The second kappa shape index (κ2) is 5.26. The van der Waals surface area contributed by atoms with Crippen molar-refractivity contribution in [3.8, 4) is 0 Å². The number of hydrogen-bond donors (Lipinski definition) is 0. The highest BCUT2D eigenvalue weighted by Gasteiger charge is 2.33. The Kier molecular flexibility index (Phi) is 4.25. The van der Waals surface area contributed by atoms with Gasteiger partial charge in [-0.2, -0.15) is 0 Å². The number of carboxylic acids is 2. The van der Waals surface area contributed by atoms with Gasteiger partial charge in [0, 0.05) is 5.97 Å². The molecule has 1 aliphatic heterocycles. The third-order valence-electron chi connectivity index (χ3n) is 1.99. The van der Waals surface area contributed by atoms with Crippen molar-refractivity contribution >= 4 is 46.1 Å². The van der Waals surface area contributed by atoms with Crippen molar-refractivity contribution in [2.45, 2.75) is 18.9 Å². The summed E-state index contributed by atoms with van der Waals surface area (Å²) in [5.41, 5.74) is 0. The van der Waals surface area contributed by atoms with Gasteiger partial charge in [-0.1, -0.05) is 24.0 Å². The van der Waals surface area contributed by atoms with Crippen LogP contribution < -0.4 is 10.2 Å². The van der Waals surface area contributed by atoms with Gasteiger partial charge >= 0.3 is 0 Å². The summed E-state index contributed by atoms with van der Waals surface area (Å²) < 4.78 is 0.137. The third kappa shape index (κ3) is 2.92. The van der Waals surface area contributed by atoms with Crippen molar-refractivity contribution < 1.29 is 24.6 Å². The summed E-state index contributed by atoms with van der Waals surface area (Å²) in [5.74, 6) is -3.26. The van der Waals surface area contributed by atoms with Crippen molar-refractivity contribution in [3.63, 3.8) is 0 Å². The molecule has 16 heavy (non-hydrogen) atoms. The average molecular weight is 261 g/mol. The van der Waals surface area contributed by atoms with E-state index in [1.807, 2.05) is 0 Å². The van der Waals surface area contributed by atoms with Crippen LogP contribution in [0.1, 0.15) is 12.8 Å². The first-order valence-corrected chi connectivity index (χ1v) is 5.72. The Morgan fingerprint density at radius 3 is 2.50 bits per heavy atom. The van der Waals surface area contributed by atoms with Crippen LogP contribution in [0.2, 0.25) is 0 Å². The lowest BCUT2D eigenvalue weighted by atomic mass is 10.1. The Morgan fingerprint density at radius 1 is 1.50 bits per heavy atom. The summed E-state index contributed by atoms with van der Waals surface area (Å²) in [6.07, 6.45) is -0.729. The van der Waals surface area contributed by atoms with E-state index < -0.39 is 30.3 Å². The van der Waals surface area contributed by atoms with Gasteiger partial charge in [-0.05, 0) is 12.8 Å². The van der Waals surface area contributed by atoms with E-state index in [0.29, 0.717) is 0 Å². The predicted molar refractivity (Wildman–Crippen MR) is 54.9 cm³/mol. The van der Waals surface area contributed by atoms with Crippen molar-refractivity contribution in [2.75, 3.05) is 5.75 Å². The quantitative estimate of drug-likeness (QED) is 0.504. The van der Waals surface area contributed by atoms with Crippen LogP contribution in [0, 0.1) is 0 Å². The lowest BCUT2D eigenvalue weighted by Gasteiger charge is -2.27. The topological polar surface area (TPSA) is 101 Å². The maximum absolute atomic E-state index is 11.3. The molecule has 1 heterocycles. The first kappa shape index (κ1) is 12.9. The predicted octanol–water partition coefficient (Wildman–Crippen LogP) is -2.50. The maximum Gasteiger partial charge on any atom is 0.239 e. The van der Waals surface area contributed by atoms with Crippen LogP contribution in [-0.2, 0) is 14.4 Å². The molecule has 8 heteroatoms. The molecule has 1 unspecified atom stereocenters. The Balaban J connectivity index is 2.76. The van der Waals surface area contributed by atoms with Crippen LogP contribution in [-0.4, -0.2) is 38.9 Å².